The quantitative estimate of drug-likeness (QED) is 0.646. The van der Waals surface area contributed by atoms with E-state index in [9.17, 15) is 19.5 Å². The minimum Gasteiger partial charge on any atom is -0.508 e. The zero-order chi connectivity index (χ0) is 18.0. The van der Waals surface area contributed by atoms with E-state index >= 15 is 0 Å². The predicted octanol–water partition coefficient (Wildman–Crippen LogP) is 2.58. The van der Waals surface area contributed by atoms with Crippen LogP contribution in [0.4, 0.5) is 5.69 Å². The molecule has 2 N–H and O–H groups in total. The van der Waals surface area contributed by atoms with Gasteiger partial charge in [-0.05, 0) is 35.9 Å². The molecule has 6 nitrogen and oxygen atoms in total. The molecule has 3 rings (SSSR count). The Balaban J connectivity index is 1.65. The van der Waals surface area contributed by atoms with Gasteiger partial charge in [0.1, 0.15) is 5.75 Å². The number of phenols is 1. The highest BCUT2D eigenvalue weighted by Crippen LogP contribution is 2.29. The summed E-state index contributed by atoms with van der Waals surface area (Å²) in [7, 11) is 0. The number of anilines is 1. The van der Waals surface area contributed by atoms with Crippen molar-refractivity contribution in [1.29, 1.82) is 0 Å². The number of rotatable bonds is 4. The van der Waals surface area contributed by atoms with Gasteiger partial charge < -0.3 is 15.2 Å². The number of hydrogen-bond donors (Lipinski definition) is 2. The van der Waals surface area contributed by atoms with Crippen LogP contribution in [-0.2, 0) is 20.7 Å². The molecule has 1 heterocycles. The van der Waals surface area contributed by atoms with Gasteiger partial charge in [-0.25, -0.2) is 0 Å². The van der Waals surface area contributed by atoms with Crippen LogP contribution < -0.4 is 5.32 Å². The molecular weight excluding hydrogens is 346 g/mol. The van der Waals surface area contributed by atoms with E-state index in [1.54, 1.807) is 12.1 Å². The molecule has 0 spiro atoms. The number of halogens is 1. The van der Waals surface area contributed by atoms with Gasteiger partial charge >= 0.3 is 5.97 Å². The Morgan fingerprint density at radius 3 is 2.60 bits per heavy atom. The number of aromatic hydroxyl groups is 1. The van der Waals surface area contributed by atoms with E-state index in [2.05, 4.69) is 5.32 Å². The van der Waals surface area contributed by atoms with Gasteiger partial charge in [-0.1, -0.05) is 23.7 Å². The first kappa shape index (κ1) is 17.0. The van der Waals surface area contributed by atoms with Crippen molar-refractivity contribution >= 4 is 34.9 Å². The van der Waals surface area contributed by atoms with Gasteiger partial charge in [-0.2, -0.15) is 0 Å². The van der Waals surface area contributed by atoms with Crippen molar-refractivity contribution in [3.63, 3.8) is 0 Å². The Morgan fingerprint density at radius 2 is 1.88 bits per heavy atom. The van der Waals surface area contributed by atoms with Crippen molar-refractivity contribution in [2.75, 3.05) is 11.9 Å². The maximum absolute atomic E-state index is 12.4. The molecule has 1 unspecified atom stereocenters. The van der Waals surface area contributed by atoms with Crippen LogP contribution in [0.25, 0.3) is 0 Å². The molecule has 0 saturated heterocycles. The van der Waals surface area contributed by atoms with Crippen molar-refractivity contribution in [2.45, 2.75) is 6.42 Å². The third-order valence-electron chi connectivity index (χ3n) is 3.84. The number of fused-ring (bicyclic) bond motifs is 1. The number of carbonyl (C=O) groups is 3. The third kappa shape index (κ3) is 3.64. The lowest BCUT2D eigenvalue weighted by atomic mass is 9.92. The van der Waals surface area contributed by atoms with Gasteiger partial charge in [0.15, 0.2) is 11.7 Å². The number of benzene rings is 2. The number of hydrogen-bond acceptors (Lipinski definition) is 5. The molecule has 0 radical (unpaired) electrons. The smallest absolute Gasteiger partial charge is 0.326 e. The molecular formula is C18H14ClNO5. The molecule has 1 aliphatic heterocycles. The number of carbonyl (C=O) groups excluding carboxylic acids is 3. The summed E-state index contributed by atoms with van der Waals surface area (Å²) in [5.74, 6) is -3.60. The van der Waals surface area contributed by atoms with Gasteiger partial charge in [-0.15, -0.1) is 0 Å². The molecule has 0 fully saturated rings. The lowest BCUT2D eigenvalue weighted by Crippen LogP contribution is -2.41. The highest BCUT2D eigenvalue weighted by Gasteiger charge is 2.40. The van der Waals surface area contributed by atoms with Crippen LogP contribution in [0.3, 0.4) is 0 Å². The van der Waals surface area contributed by atoms with Crippen molar-refractivity contribution in [3.8, 4) is 5.75 Å². The number of ketones is 1. The Kier molecular flexibility index (Phi) is 4.72. The van der Waals surface area contributed by atoms with Crippen LogP contribution in [0.1, 0.15) is 15.9 Å². The SMILES string of the molecule is O=C1Nc2cc(Cl)ccc2C(=O)C1C(=O)OCCc1ccc(O)cc1. The van der Waals surface area contributed by atoms with E-state index in [1.165, 1.54) is 30.3 Å². The number of amides is 1. The average molecular weight is 360 g/mol. The Hall–Kier alpha value is -2.86. The van der Waals surface area contributed by atoms with Crippen molar-refractivity contribution < 1.29 is 24.2 Å². The summed E-state index contributed by atoms with van der Waals surface area (Å²) in [6.07, 6.45) is 0.404. The predicted molar refractivity (Wildman–Crippen MR) is 90.7 cm³/mol. The number of esters is 1. The summed E-state index contributed by atoms with van der Waals surface area (Å²) in [5.41, 5.74) is 1.37. The van der Waals surface area contributed by atoms with Crippen LogP contribution >= 0.6 is 11.6 Å². The van der Waals surface area contributed by atoms with Crippen LogP contribution in [0, 0.1) is 5.92 Å². The zero-order valence-corrected chi connectivity index (χ0v) is 13.7. The maximum Gasteiger partial charge on any atom is 0.326 e. The van der Waals surface area contributed by atoms with Crippen molar-refractivity contribution in [2.24, 2.45) is 5.92 Å². The lowest BCUT2D eigenvalue weighted by molar-refractivity contribution is -0.149. The summed E-state index contributed by atoms with van der Waals surface area (Å²) in [5, 5.41) is 12.1. The Labute approximate surface area is 148 Å². The third-order valence-corrected chi connectivity index (χ3v) is 4.07. The second-order valence-corrected chi connectivity index (χ2v) is 6.00. The fourth-order valence-electron chi connectivity index (χ4n) is 2.54. The zero-order valence-electron chi connectivity index (χ0n) is 13.0. The highest BCUT2D eigenvalue weighted by molar-refractivity contribution is 6.33. The molecule has 2 aromatic rings. The van der Waals surface area contributed by atoms with E-state index in [0.717, 1.165) is 5.56 Å². The topological polar surface area (TPSA) is 92.7 Å². The Bertz CT molecular complexity index is 847. The first-order valence-electron chi connectivity index (χ1n) is 7.55. The van der Waals surface area contributed by atoms with E-state index in [4.69, 9.17) is 16.3 Å². The second-order valence-electron chi connectivity index (χ2n) is 5.56. The van der Waals surface area contributed by atoms with Gasteiger partial charge in [0, 0.05) is 17.0 Å². The summed E-state index contributed by atoms with van der Waals surface area (Å²) in [6, 6.07) is 10.9. The summed E-state index contributed by atoms with van der Waals surface area (Å²) >= 11 is 5.84. The first-order valence-corrected chi connectivity index (χ1v) is 7.92. The van der Waals surface area contributed by atoms with E-state index in [1.807, 2.05) is 0 Å². The fraction of sp³-hybridized carbons (Fsp3) is 0.167. The van der Waals surface area contributed by atoms with E-state index < -0.39 is 23.6 Å². The van der Waals surface area contributed by atoms with Crippen LogP contribution in [0.15, 0.2) is 42.5 Å². The van der Waals surface area contributed by atoms with E-state index in [0.29, 0.717) is 11.4 Å². The maximum atomic E-state index is 12.4. The van der Waals surface area contributed by atoms with Gasteiger partial charge in [-0.3, -0.25) is 14.4 Å². The average Bonchev–Trinajstić information content (AvgIpc) is 2.56. The molecule has 1 aliphatic rings. The van der Waals surface area contributed by atoms with Crippen molar-refractivity contribution in [1.82, 2.24) is 0 Å². The molecule has 0 saturated carbocycles. The Morgan fingerprint density at radius 1 is 1.16 bits per heavy atom. The number of ether oxygens (including phenoxy) is 1. The standard InChI is InChI=1S/C18H14ClNO5/c19-11-3-6-13-14(9-11)20-17(23)15(16(13)22)18(24)25-8-7-10-1-4-12(21)5-2-10/h1-6,9,15,21H,7-8H2,(H,20,23). The number of phenolic OH excluding ortho intramolecular Hbond substituents is 1. The van der Waals surface area contributed by atoms with Crippen molar-refractivity contribution in [3.05, 3.63) is 58.6 Å². The fourth-order valence-corrected chi connectivity index (χ4v) is 2.72. The van der Waals surface area contributed by atoms with Gasteiger partial charge in [0.05, 0.1) is 12.3 Å². The van der Waals surface area contributed by atoms with Crippen LogP contribution in [-0.4, -0.2) is 29.4 Å². The highest BCUT2D eigenvalue weighted by atomic mass is 35.5. The molecule has 1 amide bonds. The van der Waals surface area contributed by atoms with Crippen LogP contribution in [0.2, 0.25) is 5.02 Å². The minimum absolute atomic E-state index is 0.0220. The van der Waals surface area contributed by atoms with E-state index in [-0.39, 0.29) is 23.6 Å². The summed E-state index contributed by atoms with van der Waals surface area (Å²) in [4.78, 5) is 36.7. The number of Topliss-reactive ketones (excluding diaryl/α,β-unsaturated/α-hetero) is 1. The molecule has 0 bridgehead atoms. The number of nitrogens with one attached hydrogen (secondary N) is 1. The summed E-state index contributed by atoms with van der Waals surface area (Å²) < 4.78 is 5.09. The molecule has 0 aromatic heterocycles. The first-order chi connectivity index (χ1) is 12.0. The lowest BCUT2D eigenvalue weighted by Gasteiger charge is -2.22. The van der Waals surface area contributed by atoms with Gasteiger partial charge in [0.25, 0.3) is 0 Å². The largest absolute Gasteiger partial charge is 0.508 e. The molecule has 1 atom stereocenters. The molecule has 2 aromatic carbocycles. The monoisotopic (exact) mass is 359 g/mol. The molecule has 0 aliphatic carbocycles. The van der Waals surface area contributed by atoms with Crippen LogP contribution in [0.5, 0.6) is 5.75 Å². The molecule has 25 heavy (non-hydrogen) atoms. The molecule has 128 valence electrons. The molecule has 7 heteroatoms. The normalized spacial score (nSPS) is 16.1. The second kappa shape index (κ2) is 6.94. The summed E-state index contributed by atoms with van der Waals surface area (Å²) in [6.45, 7) is 0.0220. The van der Waals surface area contributed by atoms with Gasteiger partial charge in [0.2, 0.25) is 5.91 Å². The minimum atomic E-state index is -1.52.